The van der Waals surface area contributed by atoms with E-state index in [2.05, 4.69) is 5.32 Å². The van der Waals surface area contributed by atoms with Crippen LogP contribution in [-0.2, 0) is 12.3 Å². The van der Waals surface area contributed by atoms with Gasteiger partial charge in [-0.25, -0.2) is 0 Å². The molecule has 1 unspecified atom stereocenters. The number of aliphatic hydroxyl groups is 1. The van der Waals surface area contributed by atoms with Gasteiger partial charge in [0.2, 0.25) is 0 Å². The first-order valence-corrected chi connectivity index (χ1v) is 9.54. The van der Waals surface area contributed by atoms with Crippen molar-refractivity contribution in [1.29, 1.82) is 0 Å². The van der Waals surface area contributed by atoms with Crippen molar-refractivity contribution in [1.82, 2.24) is 5.32 Å². The van der Waals surface area contributed by atoms with Crippen LogP contribution in [0, 0.1) is 13.8 Å². The van der Waals surface area contributed by atoms with E-state index in [9.17, 15) is 14.7 Å². The highest BCUT2D eigenvalue weighted by Gasteiger charge is 2.33. The molecule has 1 atom stereocenters. The summed E-state index contributed by atoms with van der Waals surface area (Å²) >= 11 is 0. The normalized spacial score (nSPS) is 13.0. The molecule has 0 heterocycles. The van der Waals surface area contributed by atoms with Crippen molar-refractivity contribution in [3.8, 4) is 0 Å². The number of hydrogen-bond acceptors (Lipinski definition) is 4. The first-order valence-electron chi connectivity index (χ1n) is 9.54. The standard InChI is InChI=1S/C25H25NO3/c1-17-4-8-20(9-5-17)15-26-25(29,23-11-6-18(2)7-12-23)24-13-10-21(19(3)28)14-22(24)16-27/h4-14,16,26,29H,15H2,1-3H3. The molecule has 4 heteroatoms. The quantitative estimate of drug-likeness (QED) is 0.360. The Kier molecular flexibility index (Phi) is 6.06. The number of carbonyl (C=O) groups excluding carboxylic acids is 2. The summed E-state index contributed by atoms with van der Waals surface area (Å²) in [6.45, 7) is 5.84. The van der Waals surface area contributed by atoms with Gasteiger partial charge in [-0.05, 0) is 32.4 Å². The van der Waals surface area contributed by atoms with Crippen LogP contribution in [0.25, 0.3) is 0 Å². The van der Waals surface area contributed by atoms with Gasteiger partial charge in [-0.15, -0.1) is 0 Å². The van der Waals surface area contributed by atoms with Crippen LogP contribution in [-0.4, -0.2) is 17.2 Å². The number of aldehydes is 1. The van der Waals surface area contributed by atoms with Gasteiger partial charge in [-0.2, -0.15) is 0 Å². The molecule has 4 nitrogen and oxygen atoms in total. The first-order chi connectivity index (χ1) is 13.8. The minimum absolute atomic E-state index is 0.133. The third kappa shape index (κ3) is 4.50. The Morgan fingerprint density at radius 3 is 2.10 bits per heavy atom. The number of hydrogen-bond donors (Lipinski definition) is 2. The Bertz CT molecular complexity index is 1020. The number of aryl methyl sites for hydroxylation is 2. The summed E-state index contributed by atoms with van der Waals surface area (Å²) in [5.74, 6) is -0.133. The van der Waals surface area contributed by atoms with Gasteiger partial charge in [0.1, 0.15) is 0 Å². The van der Waals surface area contributed by atoms with Crippen LogP contribution < -0.4 is 5.32 Å². The fraction of sp³-hybridized carbons (Fsp3) is 0.200. The number of benzene rings is 3. The Morgan fingerprint density at radius 2 is 1.55 bits per heavy atom. The molecule has 3 aromatic rings. The van der Waals surface area contributed by atoms with E-state index in [1.54, 1.807) is 12.1 Å². The van der Waals surface area contributed by atoms with E-state index in [0.29, 0.717) is 29.5 Å². The smallest absolute Gasteiger partial charge is 0.169 e. The fourth-order valence-corrected chi connectivity index (χ4v) is 3.29. The molecule has 0 aliphatic rings. The molecule has 0 radical (unpaired) electrons. The van der Waals surface area contributed by atoms with E-state index >= 15 is 0 Å². The lowest BCUT2D eigenvalue weighted by Gasteiger charge is -2.32. The molecule has 148 valence electrons. The maximum absolute atomic E-state index is 11.8. The van der Waals surface area contributed by atoms with E-state index in [1.165, 1.54) is 13.0 Å². The summed E-state index contributed by atoms with van der Waals surface area (Å²) in [6.07, 6.45) is 0.675. The summed E-state index contributed by atoms with van der Waals surface area (Å²) in [7, 11) is 0. The molecule has 0 aliphatic carbocycles. The molecule has 3 rings (SSSR count). The highest BCUT2D eigenvalue weighted by Crippen LogP contribution is 2.30. The molecule has 0 amide bonds. The van der Waals surface area contributed by atoms with Crippen molar-refractivity contribution in [2.24, 2.45) is 0 Å². The lowest BCUT2D eigenvalue weighted by Crippen LogP contribution is -2.43. The second-order valence-corrected chi connectivity index (χ2v) is 7.39. The zero-order valence-corrected chi connectivity index (χ0v) is 16.9. The highest BCUT2D eigenvalue weighted by molar-refractivity contribution is 5.96. The summed E-state index contributed by atoms with van der Waals surface area (Å²) in [5.41, 5.74) is 3.38. The third-order valence-electron chi connectivity index (χ3n) is 5.11. The average Bonchev–Trinajstić information content (AvgIpc) is 2.73. The Hall–Kier alpha value is -3.08. The SMILES string of the molecule is CC(=O)c1ccc(C(O)(NCc2ccc(C)cc2)c2ccc(C)cc2)c(C=O)c1. The van der Waals surface area contributed by atoms with Crippen LogP contribution in [0.4, 0.5) is 0 Å². The van der Waals surface area contributed by atoms with Crippen LogP contribution in [0.15, 0.2) is 66.7 Å². The van der Waals surface area contributed by atoms with E-state index in [4.69, 9.17) is 0 Å². The third-order valence-corrected chi connectivity index (χ3v) is 5.11. The zero-order chi connectivity index (χ0) is 21.0. The average molecular weight is 387 g/mol. The maximum atomic E-state index is 11.8. The molecule has 29 heavy (non-hydrogen) atoms. The molecule has 3 aromatic carbocycles. The summed E-state index contributed by atoms with van der Waals surface area (Å²) in [5, 5.41) is 15.0. The van der Waals surface area contributed by atoms with Crippen LogP contribution >= 0.6 is 0 Å². The second-order valence-electron chi connectivity index (χ2n) is 7.39. The number of carbonyl (C=O) groups is 2. The van der Waals surface area contributed by atoms with Gasteiger partial charge in [-0.1, -0.05) is 71.8 Å². The Labute approximate surface area is 171 Å². The summed E-state index contributed by atoms with van der Waals surface area (Å²) in [6, 6.07) is 20.3. The Balaban J connectivity index is 2.07. The number of rotatable bonds is 7. The van der Waals surface area contributed by atoms with Crippen LogP contribution in [0.1, 0.15) is 55.5 Å². The van der Waals surface area contributed by atoms with Crippen molar-refractivity contribution in [2.45, 2.75) is 33.0 Å². The lowest BCUT2D eigenvalue weighted by atomic mass is 9.88. The van der Waals surface area contributed by atoms with Gasteiger partial charge in [0, 0.05) is 28.8 Å². The van der Waals surface area contributed by atoms with Gasteiger partial charge >= 0.3 is 0 Å². The topological polar surface area (TPSA) is 66.4 Å². The van der Waals surface area contributed by atoms with E-state index < -0.39 is 5.72 Å². The predicted octanol–water partition coefficient (Wildman–Crippen LogP) is 4.30. The first kappa shape index (κ1) is 20.6. The number of nitrogens with one attached hydrogen (secondary N) is 1. The van der Waals surface area contributed by atoms with E-state index in [0.717, 1.165) is 16.7 Å². The molecule has 0 saturated carbocycles. The molecule has 0 aliphatic heterocycles. The predicted molar refractivity (Wildman–Crippen MR) is 114 cm³/mol. The number of ketones is 1. The zero-order valence-electron chi connectivity index (χ0n) is 16.9. The van der Waals surface area contributed by atoms with Crippen molar-refractivity contribution >= 4 is 12.1 Å². The maximum Gasteiger partial charge on any atom is 0.169 e. The molecule has 2 N–H and O–H groups in total. The second kappa shape index (κ2) is 8.52. The molecule has 0 spiro atoms. The molecule has 0 fully saturated rings. The van der Waals surface area contributed by atoms with E-state index in [-0.39, 0.29) is 11.3 Å². The van der Waals surface area contributed by atoms with E-state index in [1.807, 2.05) is 62.4 Å². The van der Waals surface area contributed by atoms with Gasteiger partial charge in [0.15, 0.2) is 17.8 Å². The number of Topliss-reactive ketones (excluding diaryl/α,β-unsaturated/α-hetero) is 1. The van der Waals surface area contributed by atoms with Gasteiger partial charge in [0.25, 0.3) is 0 Å². The van der Waals surface area contributed by atoms with Crippen molar-refractivity contribution in [3.63, 3.8) is 0 Å². The molecular formula is C25H25NO3. The van der Waals surface area contributed by atoms with Crippen LogP contribution in [0.3, 0.4) is 0 Å². The highest BCUT2D eigenvalue weighted by atomic mass is 16.3. The van der Waals surface area contributed by atoms with Crippen molar-refractivity contribution in [3.05, 3.63) is 106 Å². The van der Waals surface area contributed by atoms with Crippen LogP contribution in [0.5, 0.6) is 0 Å². The minimum Gasteiger partial charge on any atom is -0.367 e. The summed E-state index contributed by atoms with van der Waals surface area (Å²) < 4.78 is 0. The van der Waals surface area contributed by atoms with Crippen molar-refractivity contribution in [2.75, 3.05) is 0 Å². The van der Waals surface area contributed by atoms with Gasteiger partial charge in [0.05, 0.1) is 0 Å². The largest absolute Gasteiger partial charge is 0.367 e. The molecular weight excluding hydrogens is 362 g/mol. The fourth-order valence-electron chi connectivity index (χ4n) is 3.29. The monoisotopic (exact) mass is 387 g/mol. The molecule has 0 saturated heterocycles. The van der Waals surface area contributed by atoms with Crippen molar-refractivity contribution < 1.29 is 14.7 Å². The van der Waals surface area contributed by atoms with Gasteiger partial charge in [-0.3, -0.25) is 14.9 Å². The minimum atomic E-state index is -1.59. The van der Waals surface area contributed by atoms with Crippen LogP contribution in [0.2, 0.25) is 0 Å². The Morgan fingerprint density at radius 1 is 0.966 bits per heavy atom. The molecule has 0 aromatic heterocycles. The summed E-state index contributed by atoms with van der Waals surface area (Å²) in [4.78, 5) is 23.5. The van der Waals surface area contributed by atoms with Gasteiger partial charge < -0.3 is 5.11 Å². The molecule has 0 bridgehead atoms. The lowest BCUT2D eigenvalue weighted by molar-refractivity contribution is 0.0400.